The number of esters is 1. The first kappa shape index (κ1) is 9.31. The van der Waals surface area contributed by atoms with Crippen molar-refractivity contribution in [1.29, 1.82) is 0 Å². The van der Waals surface area contributed by atoms with Crippen LogP contribution in [0, 0.1) is 0 Å². The largest absolute Gasteiger partial charge is 0.465 e. The molecule has 1 rings (SSSR count). The number of methoxy groups -OCH3 is 1. The van der Waals surface area contributed by atoms with Crippen LogP contribution in [0.3, 0.4) is 0 Å². The lowest BCUT2D eigenvalue weighted by molar-refractivity contribution is 0.0600. The van der Waals surface area contributed by atoms with E-state index >= 15 is 0 Å². The molecule has 1 aromatic heterocycles. The fourth-order valence-electron chi connectivity index (χ4n) is 0.814. The average Bonchev–Trinajstić information content (AvgIpc) is 2.64. The van der Waals surface area contributed by atoms with Crippen LogP contribution in [0.4, 0.5) is 0 Å². The SMILES string of the molecule is COC(=O)c1coc(/C(C)=N/N)c1. The van der Waals surface area contributed by atoms with Gasteiger partial charge in [0.1, 0.15) is 12.0 Å². The molecule has 13 heavy (non-hydrogen) atoms. The van der Waals surface area contributed by atoms with Gasteiger partial charge in [-0.2, -0.15) is 5.10 Å². The zero-order valence-corrected chi connectivity index (χ0v) is 7.40. The molecule has 1 aromatic rings. The molecule has 0 aliphatic heterocycles. The summed E-state index contributed by atoms with van der Waals surface area (Å²) in [6.07, 6.45) is 1.30. The molecule has 0 spiro atoms. The first-order valence-corrected chi connectivity index (χ1v) is 3.60. The number of ether oxygens (including phenoxy) is 1. The molecule has 2 N–H and O–H groups in total. The van der Waals surface area contributed by atoms with E-state index in [0.717, 1.165) is 0 Å². The quantitative estimate of drug-likeness (QED) is 0.317. The maximum absolute atomic E-state index is 11.0. The normalized spacial score (nSPS) is 11.4. The molecule has 5 nitrogen and oxygen atoms in total. The molecule has 0 unspecified atom stereocenters. The summed E-state index contributed by atoms with van der Waals surface area (Å²) in [5.74, 6) is 5.05. The standard InChI is InChI=1S/C8H10N2O3/c1-5(10-9)7-3-6(4-13-7)8(11)12-2/h3-4H,9H2,1-2H3/b10-5+. The molecule has 0 saturated carbocycles. The summed E-state index contributed by atoms with van der Waals surface area (Å²) in [6.45, 7) is 1.68. The predicted molar refractivity (Wildman–Crippen MR) is 46.4 cm³/mol. The molecule has 0 atom stereocenters. The third kappa shape index (κ3) is 1.87. The van der Waals surface area contributed by atoms with Crippen LogP contribution in [-0.4, -0.2) is 18.8 Å². The van der Waals surface area contributed by atoms with Gasteiger partial charge in [-0.25, -0.2) is 4.79 Å². The summed E-state index contributed by atoms with van der Waals surface area (Å²) < 4.78 is 9.52. The number of hydrogen-bond donors (Lipinski definition) is 1. The lowest BCUT2D eigenvalue weighted by Gasteiger charge is -1.91. The molecular formula is C8H10N2O3. The van der Waals surface area contributed by atoms with Gasteiger partial charge in [0, 0.05) is 6.07 Å². The van der Waals surface area contributed by atoms with Gasteiger partial charge in [-0.05, 0) is 6.92 Å². The van der Waals surface area contributed by atoms with Gasteiger partial charge in [0.15, 0.2) is 0 Å². The Morgan fingerprint density at radius 1 is 1.69 bits per heavy atom. The van der Waals surface area contributed by atoms with E-state index in [4.69, 9.17) is 10.3 Å². The number of carbonyl (C=O) groups excluding carboxylic acids is 1. The lowest BCUT2D eigenvalue weighted by atomic mass is 10.2. The van der Waals surface area contributed by atoms with Crippen molar-refractivity contribution >= 4 is 11.7 Å². The second kappa shape index (κ2) is 3.75. The van der Waals surface area contributed by atoms with Crippen molar-refractivity contribution in [1.82, 2.24) is 0 Å². The van der Waals surface area contributed by atoms with E-state index in [1.807, 2.05) is 0 Å². The monoisotopic (exact) mass is 182 g/mol. The summed E-state index contributed by atoms with van der Waals surface area (Å²) in [4.78, 5) is 11.0. The molecule has 0 amide bonds. The van der Waals surface area contributed by atoms with Crippen LogP contribution < -0.4 is 5.84 Å². The van der Waals surface area contributed by atoms with Crippen molar-refractivity contribution in [2.75, 3.05) is 7.11 Å². The van der Waals surface area contributed by atoms with Crippen LogP contribution in [0.1, 0.15) is 23.0 Å². The molecule has 0 aromatic carbocycles. The number of rotatable bonds is 2. The predicted octanol–water partition coefficient (Wildman–Crippen LogP) is 0.749. The number of nitrogens with zero attached hydrogens (tertiary/aromatic N) is 1. The van der Waals surface area contributed by atoms with Gasteiger partial charge < -0.3 is 15.0 Å². The van der Waals surface area contributed by atoms with Gasteiger partial charge in [-0.3, -0.25) is 0 Å². The third-order valence-corrected chi connectivity index (χ3v) is 1.57. The van der Waals surface area contributed by atoms with E-state index < -0.39 is 5.97 Å². The topological polar surface area (TPSA) is 77.8 Å². The molecule has 5 heteroatoms. The van der Waals surface area contributed by atoms with E-state index in [-0.39, 0.29) is 0 Å². The van der Waals surface area contributed by atoms with E-state index in [2.05, 4.69) is 9.84 Å². The fourth-order valence-corrected chi connectivity index (χ4v) is 0.814. The van der Waals surface area contributed by atoms with Crippen LogP contribution in [0.15, 0.2) is 21.8 Å². The van der Waals surface area contributed by atoms with Gasteiger partial charge >= 0.3 is 5.97 Å². The second-order valence-electron chi connectivity index (χ2n) is 2.41. The van der Waals surface area contributed by atoms with Crippen LogP contribution in [0.2, 0.25) is 0 Å². The van der Waals surface area contributed by atoms with Crippen molar-refractivity contribution in [3.8, 4) is 0 Å². The van der Waals surface area contributed by atoms with Crippen LogP contribution >= 0.6 is 0 Å². The van der Waals surface area contributed by atoms with Gasteiger partial charge in [-0.1, -0.05) is 0 Å². The number of nitrogens with two attached hydrogens (primary N) is 1. The first-order chi connectivity index (χ1) is 6.19. The Morgan fingerprint density at radius 3 is 2.92 bits per heavy atom. The summed E-state index contributed by atoms with van der Waals surface area (Å²) in [6, 6.07) is 1.53. The number of hydrogen-bond acceptors (Lipinski definition) is 5. The molecule has 0 saturated heterocycles. The minimum Gasteiger partial charge on any atom is -0.465 e. The maximum Gasteiger partial charge on any atom is 0.341 e. The second-order valence-corrected chi connectivity index (χ2v) is 2.41. The molecule has 0 bridgehead atoms. The summed E-state index contributed by atoms with van der Waals surface area (Å²) in [7, 11) is 1.30. The molecule has 70 valence electrons. The van der Waals surface area contributed by atoms with Crippen molar-refractivity contribution in [2.45, 2.75) is 6.92 Å². The van der Waals surface area contributed by atoms with E-state index in [1.54, 1.807) is 6.92 Å². The zero-order chi connectivity index (χ0) is 9.84. The Morgan fingerprint density at radius 2 is 2.38 bits per heavy atom. The lowest BCUT2D eigenvalue weighted by Crippen LogP contribution is -1.99. The third-order valence-electron chi connectivity index (χ3n) is 1.57. The summed E-state index contributed by atoms with van der Waals surface area (Å²) in [5, 5.41) is 3.43. The van der Waals surface area contributed by atoms with E-state index in [0.29, 0.717) is 17.0 Å². The van der Waals surface area contributed by atoms with E-state index in [9.17, 15) is 4.79 Å². The average molecular weight is 182 g/mol. The van der Waals surface area contributed by atoms with Gasteiger partial charge in [-0.15, -0.1) is 0 Å². The van der Waals surface area contributed by atoms with Crippen LogP contribution in [0.25, 0.3) is 0 Å². The van der Waals surface area contributed by atoms with Crippen molar-refractivity contribution in [3.63, 3.8) is 0 Å². The molecule has 1 heterocycles. The zero-order valence-electron chi connectivity index (χ0n) is 7.40. The fraction of sp³-hybridized carbons (Fsp3) is 0.250. The Hall–Kier alpha value is -1.78. The highest BCUT2D eigenvalue weighted by Gasteiger charge is 2.11. The summed E-state index contributed by atoms with van der Waals surface area (Å²) >= 11 is 0. The number of furan rings is 1. The van der Waals surface area contributed by atoms with Crippen LogP contribution in [0.5, 0.6) is 0 Å². The van der Waals surface area contributed by atoms with Crippen LogP contribution in [-0.2, 0) is 4.74 Å². The molecule has 0 aliphatic rings. The van der Waals surface area contributed by atoms with Gasteiger partial charge in [0.05, 0.1) is 18.4 Å². The number of hydrazone groups is 1. The number of carbonyl (C=O) groups is 1. The van der Waals surface area contributed by atoms with Crippen molar-refractivity contribution in [2.24, 2.45) is 10.9 Å². The van der Waals surface area contributed by atoms with Crippen molar-refractivity contribution < 1.29 is 13.9 Å². The Kier molecular flexibility index (Phi) is 2.69. The van der Waals surface area contributed by atoms with Gasteiger partial charge in [0.2, 0.25) is 0 Å². The highest BCUT2D eigenvalue weighted by Crippen LogP contribution is 2.09. The molecule has 0 aliphatic carbocycles. The summed E-state index contributed by atoms with van der Waals surface area (Å²) in [5.41, 5.74) is 0.871. The highest BCUT2D eigenvalue weighted by molar-refractivity contribution is 5.98. The Bertz CT molecular complexity index is 341. The first-order valence-electron chi connectivity index (χ1n) is 3.60. The Balaban J connectivity index is 2.93. The molecule has 0 fully saturated rings. The Labute approximate surface area is 75.2 Å². The molecular weight excluding hydrogens is 172 g/mol. The minimum absolute atomic E-state index is 0.348. The minimum atomic E-state index is -0.445. The smallest absolute Gasteiger partial charge is 0.341 e. The molecule has 0 radical (unpaired) electrons. The van der Waals surface area contributed by atoms with E-state index in [1.165, 1.54) is 19.4 Å². The maximum atomic E-state index is 11.0. The van der Waals surface area contributed by atoms with Crippen molar-refractivity contribution in [3.05, 3.63) is 23.7 Å². The van der Waals surface area contributed by atoms with Gasteiger partial charge in [0.25, 0.3) is 0 Å². The highest BCUT2D eigenvalue weighted by atomic mass is 16.5.